The molecule has 0 heterocycles. The number of hydrogen-bond acceptors (Lipinski definition) is 2. The van der Waals surface area contributed by atoms with E-state index < -0.39 is 17.7 Å². The van der Waals surface area contributed by atoms with Crippen molar-refractivity contribution in [2.75, 3.05) is 20.6 Å². The SMILES string of the molecule is CN(C)CCC(O)c1cc(F)cc(F)c1. The van der Waals surface area contributed by atoms with E-state index in [1.165, 1.54) is 0 Å². The number of hydrogen-bond donors (Lipinski definition) is 1. The van der Waals surface area contributed by atoms with Gasteiger partial charge in [-0.3, -0.25) is 0 Å². The normalized spacial score (nSPS) is 13.2. The van der Waals surface area contributed by atoms with Crippen molar-refractivity contribution >= 4 is 0 Å². The fourth-order valence-electron chi connectivity index (χ4n) is 1.31. The Labute approximate surface area is 88.1 Å². The van der Waals surface area contributed by atoms with Crippen LogP contribution in [0, 0.1) is 11.6 Å². The number of aliphatic hydroxyl groups is 1. The molecule has 4 heteroatoms. The Morgan fingerprint density at radius 2 is 1.73 bits per heavy atom. The van der Waals surface area contributed by atoms with E-state index in [-0.39, 0.29) is 5.56 Å². The van der Waals surface area contributed by atoms with Crippen molar-refractivity contribution in [2.24, 2.45) is 0 Å². The Kier molecular flexibility index (Phi) is 4.17. The van der Waals surface area contributed by atoms with E-state index in [0.717, 1.165) is 18.2 Å². The zero-order valence-electron chi connectivity index (χ0n) is 8.87. The maximum absolute atomic E-state index is 12.8. The summed E-state index contributed by atoms with van der Waals surface area (Å²) in [6.07, 6.45) is -0.367. The fourth-order valence-corrected chi connectivity index (χ4v) is 1.31. The van der Waals surface area contributed by atoms with Crippen molar-refractivity contribution in [1.82, 2.24) is 4.90 Å². The molecule has 0 bridgehead atoms. The smallest absolute Gasteiger partial charge is 0.126 e. The van der Waals surface area contributed by atoms with Crippen LogP contribution in [0.25, 0.3) is 0 Å². The second kappa shape index (κ2) is 5.19. The molecule has 1 rings (SSSR count). The summed E-state index contributed by atoms with van der Waals surface area (Å²) in [4.78, 5) is 1.90. The lowest BCUT2D eigenvalue weighted by Gasteiger charge is -2.14. The predicted octanol–water partition coefficient (Wildman–Crippen LogP) is 1.95. The van der Waals surface area contributed by atoms with Crippen LogP contribution in [0.3, 0.4) is 0 Å². The van der Waals surface area contributed by atoms with Gasteiger partial charge in [0.2, 0.25) is 0 Å². The number of benzene rings is 1. The van der Waals surface area contributed by atoms with Gasteiger partial charge < -0.3 is 10.0 Å². The first-order chi connectivity index (χ1) is 6.99. The molecular formula is C11H15F2NO. The maximum Gasteiger partial charge on any atom is 0.126 e. The largest absolute Gasteiger partial charge is 0.388 e. The Balaban J connectivity index is 2.68. The molecule has 1 unspecified atom stereocenters. The summed E-state index contributed by atoms with van der Waals surface area (Å²) in [5, 5.41) is 9.66. The highest BCUT2D eigenvalue weighted by molar-refractivity contribution is 5.20. The molecule has 1 aromatic carbocycles. The maximum atomic E-state index is 12.8. The fraction of sp³-hybridized carbons (Fsp3) is 0.455. The molecule has 2 nitrogen and oxygen atoms in total. The van der Waals surface area contributed by atoms with Crippen LogP contribution in [-0.2, 0) is 0 Å². The quantitative estimate of drug-likeness (QED) is 0.829. The van der Waals surface area contributed by atoms with Gasteiger partial charge in [-0.15, -0.1) is 0 Å². The highest BCUT2D eigenvalue weighted by Crippen LogP contribution is 2.19. The second-order valence-electron chi connectivity index (χ2n) is 3.81. The van der Waals surface area contributed by atoms with Gasteiger partial charge in [-0.25, -0.2) is 8.78 Å². The van der Waals surface area contributed by atoms with E-state index in [2.05, 4.69) is 0 Å². The van der Waals surface area contributed by atoms with Crippen LogP contribution in [0.1, 0.15) is 18.1 Å². The molecule has 1 N–H and O–H groups in total. The Bertz CT molecular complexity index is 308. The molecule has 15 heavy (non-hydrogen) atoms. The van der Waals surface area contributed by atoms with E-state index in [1.807, 2.05) is 19.0 Å². The highest BCUT2D eigenvalue weighted by atomic mass is 19.1. The van der Waals surface area contributed by atoms with Crippen LogP contribution >= 0.6 is 0 Å². The third kappa shape index (κ3) is 3.93. The van der Waals surface area contributed by atoms with Crippen LogP contribution in [0.2, 0.25) is 0 Å². The standard InChI is InChI=1S/C11H15F2NO/c1-14(2)4-3-11(15)8-5-9(12)7-10(13)6-8/h5-7,11,15H,3-4H2,1-2H3. The van der Waals surface area contributed by atoms with E-state index in [0.29, 0.717) is 13.0 Å². The average molecular weight is 215 g/mol. The molecule has 0 saturated heterocycles. The number of rotatable bonds is 4. The van der Waals surface area contributed by atoms with E-state index >= 15 is 0 Å². The zero-order chi connectivity index (χ0) is 11.4. The summed E-state index contributed by atoms with van der Waals surface area (Å²) in [7, 11) is 3.75. The van der Waals surface area contributed by atoms with Crippen LogP contribution < -0.4 is 0 Å². The van der Waals surface area contributed by atoms with Crippen LogP contribution in [0.5, 0.6) is 0 Å². The molecule has 0 aliphatic rings. The first kappa shape index (κ1) is 12.1. The Morgan fingerprint density at radius 1 is 1.20 bits per heavy atom. The van der Waals surface area contributed by atoms with Crippen molar-refractivity contribution in [3.8, 4) is 0 Å². The average Bonchev–Trinajstić information content (AvgIpc) is 2.12. The van der Waals surface area contributed by atoms with Gasteiger partial charge in [0, 0.05) is 12.6 Å². The third-order valence-corrected chi connectivity index (χ3v) is 2.12. The number of nitrogens with zero attached hydrogens (tertiary/aromatic N) is 1. The highest BCUT2D eigenvalue weighted by Gasteiger charge is 2.10. The molecular weight excluding hydrogens is 200 g/mol. The van der Waals surface area contributed by atoms with Gasteiger partial charge in [-0.2, -0.15) is 0 Å². The first-order valence-electron chi connectivity index (χ1n) is 4.78. The van der Waals surface area contributed by atoms with Crippen LogP contribution in [-0.4, -0.2) is 30.6 Å². The molecule has 0 saturated carbocycles. The summed E-state index contributed by atoms with van der Waals surface area (Å²) in [5.41, 5.74) is 0.286. The number of aliphatic hydroxyl groups excluding tert-OH is 1. The van der Waals surface area contributed by atoms with Crippen molar-refractivity contribution in [3.05, 3.63) is 35.4 Å². The summed E-state index contributed by atoms with van der Waals surface area (Å²) in [5.74, 6) is -1.32. The van der Waals surface area contributed by atoms with Gasteiger partial charge in [0.1, 0.15) is 11.6 Å². The summed E-state index contributed by atoms with van der Waals surface area (Å²) in [6, 6.07) is 3.11. The molecule has 84 valence electrons. The molecule has 0 radical (unpaired) electrons. The Morgan fingerprint density at radius 3 is 2.20 bits per heavy atom. The zero-order valence-corrected chi connectivity index (χ0v) is 8.87. The lowest BCUT2D eigenvalue weighted by atomic mass is 10.1. The van der Waals surface area contributed by atoms with Gasteiger partial charge in [-0.05, 0) is 38.2 Å². The van der Waals surface area contributed by atoms with Gasteiger partial charge in [0.15, 0.2) is 0 Å². The lowest BCUT2D eigenvalue weighted by molar-refractivity contribution is 0.153. The van der Waals surface area contributed by atoms with E-state index in [9.17, 15) is 13.9 Å². The molecule has 0 aromatic heterocycles. The lowest BCUT2D eigenvalue weighted by Crippen LogP contribution is -2.16. The molecule has 1 atom stereocenters. The van der Waals surface area contributed by atoms with E-state index in [4.69, 9.17) is 0 Å². The van der Waals surface area contributed by atoms with Crippen LogP contribution in [0.15, 0.2) is 18.2 Å². The first-order valence-corrected chi connectivity index (χ1v) is 4.78. The van der Waals surface area contributed by atoms with Crippen molar-refractivity contribution in [2.45, 2.75) is 12.5 Å². The minimum absolute atomic E-state index is 0.286. The molecule has 0 aliphatic carbocycles. The molecule has 1 aromatic rings. The van der Waals surface area contributed by atoms with E-state index in [1.54, 1.807) is 0 Å². The van der Waals surface area contributed by atoms with Crippen molar-refractivity contribution in [1.29, 1.82) is 0 Å². The van der Waals surface area contributed by atoms with Crippen LogP contribution in [0.4, 0.5) is 8.78 Å². The van der Waals surface area contributed by atoms with Gasteiger partial charge in [-0.1, -0.05) is 0 Å². The molecule has 0 aliphatic heterocycles. The minimum atomic E-state index is -0.822. The molecule has 0 fully saturated rings. The monoisotopic (exact) mass is 215 g/mol. The van der Waals surface area contributed by atoms with Gasteiger partial charge in [0.05, 0.1) is 6.10 Å². The van der Waals surface area contributed by atoms with Gasteiger partial charge in [0.25, 0.3) is 0 Å². The summed E-state index contributed by atoms with van der Waals surface area (Å²) in [6.45, 7) is 0.666. The van der Waals surface area contributed by atoms with Crippen molar-refractivity contribution in [3.63, 3.8) is 0 Å². The number of halogens is 2. The summed E-state index contributed by atoms with van der Waals surface area (Å²) >= 11 is 0. The second-order valence-corrected chi connectivity index (χ2v) is 3.81. The molecule has 0 amide bonds. The topological polar surface area (TPSA) is 23.5 Å². The minimum Gasteiger partial charge on any atom is -0.388 e. The Hall–Kier alpha value is -1.00. The summed E-state index contributed by atoms with van der Waals surface area (Å²) < 4.78 is 25.7. The molecule has 0 spiro atoms. The third-order valence-electron chi connectivity index (χ3n) is 2.12. The van der Waals surface area contributed by atoms with Crippen molar-refractivity contribution < 1.29 is 13.9 Å². The van der Waals surface area contributed by atoms with Gasteiger partial charge >= 0.3 is 0 Å². The predicted molar refractivity (Wildman–Crippen MR) is 54.5 cm³/mol.